The fourth-order valence-corrected chi connectivity index (χ4v) is 8.14. The monoisotopic (exact) mass is 699 g/mol. The molecule has 0 fully saturated rings. The molecule has 0 bridgehead atoms. The van der Waals surface area contributed by atoms with Crippen LogP contribution >= 0.6 is 0 Å². The van der Waals surface area contributed by atoms with Crippen molar-refractivity contribution in [1.29, 1.82) is 0 Å². The second-order valence-corrected chi connectivity index (χ2v) is 14.3. The molecular formula is C52H33N3. The number of aromatic nitrogens is 3. The largest absolute Gasteiger partial charge is 0.292 e. The van der Waals surface area contributed by atoms with Crippen molar-refractivity contribution in [2.24, 2.45) is 0 Å². The highest BCUT2D eigenvalue weighted by Gasteiger charge is 2.21. The fraction of sp³-hybridized carbons (Fsp3) is 0. The van der Waals surface area contributed by atoms with Gasteiger partial charge in [0.15, 0.2) is 5.82 Å². The van der Waals surface area contributed by atoms with Crippen LogP contribution in [0.1, 0.15) is 0 Å². The highest BCUT2D eigenvalue weighted by Crippen LogP contribution is 2.40. The lowest BCUT2D eigenvalue weighted by Crippen LogP contribution is -2.04. The van der Waals surface area contributed by atoms with Gasteiger partial charge in [0.2, 0.25) is 0 Å². The number of benzene rings is 9. The zero-order valence-corrected chi connectivity index (χ0v) is 29.9. The van der Waals surface area contributed by atoms with Crippen LogP contribution in [-0.2, 0) is 0 Å². The Morgan fingerprint density at radius 3 is 1.55 bits per heavy atom. The Labute approximate surface area is 318 Å². The Morgan fingerprint density at radius 2 is 0.800 bits per heavy atom. The maximum atomic E-state index is 5.50. The first-order chi connectivity index (χ1) is 27.2. The minimum absolute atomic E-state index is 0.807. The summed E-state index contributed by atoms with van der Waals surface area (Å²) in [7, 11) is 0. The second kappa shape index (κ2) is 12.6. The summed E-state index contributed by atoms with van der Waals surface area (Å²) >= 11 is 0. The lowest BCUT2D eigenvalue weighted by Gasteiger charge is -2.15. The lowest BCUT2D eigenvalue weighted by molar-refractivity contribution is 1.08. The average molecular weight is 700 g/mol. The van der Waals surface area contributed by atoms with E-state index in [4.69, 9.17) is 9.97 Å². The van der Waals surface area contributed by atoms with Crippen molar-refractivity contribution >= 4 is 54.4 Å². The molecule has 0 aliphatic heterocycles. The Balaban J connectivity index is 1.18. The van der Waals surface area contributed by atoms with Gasteiger partial charge in [0.05, 0.1) is 22.1 Å². The number of fused-ring (bicyclic) bond motifs is 6. The molecule has 0 radical (unpaired) electrons. The molecule has 0 amide bonds. The maximum Gasteiger partial charge on any atom is 0.165 e. The average Bonchev–Trinajstić information content (AvgIpc) is 3.57. The van der Waals surface area contributed by atoms with Crippen LogP contribution in [0.25, 0.3) is 105 Å². The van der Waals surface area contributed by atoms with Crippen LogP contribution < -0.4 is 0 Å². The molecule has 0 unspecified atom stereocenters. The summed E-state index contributed by atoms with van der Waals surface area (Å²) in [6, 6.07) is 71.6. The topological polar surface area (TPSA) is 30.7 Å². The molecule has 9 aromatic carbocycles. The molecule has 0 saturated carbocycles. The van der Waals surface area contributed by atoms with E-state index in [9.17, 15) is 0 Å². The molecule has 0 aliphatic rings. The minimum Gasteiger partial charge on any atom is -0.292 e. The van der Waals surface area contributed by atoms with Crippen LogP contribution in [0.4, 0.5) is 0 Å². The van der Waals surface area contributed by atoms with E-state index in [1.807, 2.05) is 6.07 Å². The Bertz CT molecular complexity index is 3230. The highest BCUT2D eigenvalue weighted by atomic mass is 15.1. The normalized spacial score (nSPS) is 11.6. The number of hydrogen-bond donors (Lipinski definition) is 0. The van der Waals surface area contributed by atoms with E-state index >= 15 is 0 Å². The summed E-state index contributed by atoms with van der Waals surface area (Å²) in [5, 5.41) is 7.23. The third-order valence-electron chi connectivity index (χ3n) is 10.9. The van der Waals surface area contributed by atoms with E-state index in [0.717, 1.165) is 55.8 Å². The van der Waals surface area contributed by atoms with Crippen molar-refractivity contribution < 1.29 is 0 Å². The summed E-state index contributed by atoms with van der Waals surface area (Å²) in [4.78, 5) is 11.0. The van der Waals surface area contributed by atoms with Gasteiger partial charge in [-0.2, -0.15) is 0 Å². The molecule has 0 spiro atoms. The summed E-state index contributed by atoms with van der Waals surface area (Å²) in [6.45, 7) is 0. The number of nitrogens with zero attached hydrogens (tertiary/aromatic N) is 3. The van der Waals surface area contributed by atoms with Crippen molar-refractivity contribution in [1.82, 2.24) is 14.5 Å². The number of hydrogen-bond acceptors (Lipinski definition) is 2. The van der Waals surface area contributed by atoms with Gasteiger partial charge in [0.1, 0.15) is 5.69 Å². The van der Waals surface area contributed by atoms with Gasteiger partial charge in [-0.15, -0.1) is 0 Å². The van der Waals surface area contributed by atoms with E-state index < -0.39 is 0 Å². The van der Waals surface area contributed by atoms with Crippen molar-refractivity contribution in [3.8, 4) is 50.5 Å². The van der Waals surface area contributed by atoms with E-state index in [1.165, 1.54) is 49.0 Å². The molecule has 3 heteroatoms. The first-order valence-electron chi connectivity index (χ1n) is 18.7. The molecule has 0 saturated heterocycles. The van der Waals surface area contributed by atoms with Crippen molar-refractivity contribution in [3.05, 3.63) is 200 Å². The van der Waals surface area contributed by atoms with Crippen LogP contribution in [-0.4, -0.2) is 14.5 Å². The SMILES string of the molecule is c1ccc(-c2ccc(-c3nc4cc(-c5ccccc5)ccc4nc3-n3c4ccc(-c5ccc6ccccc6c5)cc4c4cc5ccccc5cc43)cc2)cc1. The summed E-state index contributed by atoms with van der Waals surface area (Å²) in [5.74, 6) is 0.807. The van der Waals surface area contributed by atoms with Gasteiger partial charge in [0.25, 0.3) is 0 Å². The standard InChI is InChI=1S/C52H33N3/c1-3-11-34(12-4-1)37-19-22-38(23-20-37)51-52(54-47-27-25-44(32-48(47)53-51)35-13-5-2-6-14-35)55-49-28-26-43(42-24-21-36-15-7-8-16-39(36)29-42)31-45(49)46-30-40-17-9-10-18-41(40)33-50(46)55/h1-33H. The van der Waals surface area contributed by atoms with Gasteiger partial charge in [-0.05, 0) is 97.4 Å². The van der Waals surface area contributed by atoms with Gasteiger partial charge < -0.3 is 0 Å². The van der Waals surface area contributed by atoms with E-state index in [1.54, 1.807) is 0 Å². The van der Waals surface area contributed by atoms with Gasteiger partial charge in [-0.1, -0.05) is 158 Å². The second-order valence-electron chi connectivity index (χ2n) is 14.3. The molecule has 2 aromatic heterocycles. The molecular weight excluding hydrogens is 667 g/mol. The molecule has 0 aliphatic carbocycles. The Kier molecular flexibility index (Phi) is 7.17. The van der Waals surface area contributed by atoms with Gasteiger partial charge in [-0.3, -0.25) is 4.57 Å². The summed E-state index contributed by atoms with van der Waals surface area (Å²) in [6.07, 6.45) is 0. The van der Waals surface area contributed by atoms with Crippen LogP contribution in [0.3, 0.4) is 0 Å². The molecule has 11 aromatic rings. The van der Waals surface area contributed by atoms with Gasteiger partial charge in [-0.25, -0.2) is 9.97 Å². The molecule has 256 valence electrons. The smallest absolute Gasteiger partial charge is 0.165 e. The minimum atomic E-state index is 0.807. The quantitative estimate of drug-likeness (QED) is 0.179. The van der Waals surface area contributed by atoms with E-state index in [2.05, 4.69) is 199 Å². The third kappa shape index (κ3) is 5.36. The first-order valence-corrected chi connectivity index (χ1v) is 18.7. The Hall–Kier alpha value is -7.36. The highest BCUT2D eigenvalue weighted by molar-refractivity contribution is 6.15. The van der Waals surface area contributed by atoms with Crippen LogP contribution in [0.2, 0.25) is 0 Å². The fourth-order valence-electron chi connectivity index (χ4n) is 8.14. The van der Waals surface area contributed by atoms with E-state index in [0.29, 0.717) is 0 Å². The predicted octanol–water partition coefficient (Wildman–Crippen LogP) is 13.7. The van der Waals surface area contributed by atoms with E-state index in [-0.39, 0.29) is 0 Å². The van der Waals surface area contributed by atoms with Crippen molar-refractivity contribution in [3.63, 3.8) is 0 Å². The van der Waals surface area contributed by atoms with Crippen LogP contribution in [0.5, 0.6) is 0 Å². The molecule has 0 atom stereocenters. The number of rotatable bonds is 5. The lowest BCUT2D eigenvalue weighted by atomic mass is 9.99. The zero-order valence-electron chi connectivity index (χ0n) is 29.9. The van der Waals surface area contributed by atoms with Crippen molar-refractivity contribution in [2.45, 2.75) is 0 Å². The van der Waals surface area contributed by atoms with Crippen molar-refractivity contribution in [2.75, 3.05) is 0 Å². The molecule has 11 rings (SSSR count). The van der Waals surface area contributed by atoms with Gasteiger partial charge >= 0.3 is 0 Å². The molecule has 0 N–H and O–H groups in total. The maximum absolute atomic E-state index is 5.50. The Morgan fingerprint density at radius 1 is 0.291 bits per heavy atom. The summed E-state index contributed by atoms with van der Waals surface area (Å²) in [5.41, 5.74) is 12.7. The molecule has 3 nitrogen and oxygen atoms in total. The molecule has 2 heterocycles. The molecule has 55 heavy (non-hydrogen) atoms. The third-order valence-corrected chi connectivity index (χ3v) is 10.9. The van der Waals surface area contributed by atoms with Crippen LogP contribution in [0, 0.1) is 0 Å². The summed E-state index contributed by atoms with van der Waals surface area (Å²) < 4.78 is 2.33. The first kappa shape index (κ1) is 31.2. The van der Waals surface area contributed by atoms with Gasteiger partial charge in [0, 0.05) is 16.3 Å². The predicted molar refractivity (Wildman–Crippen MR) is 231 cm³/mol. The zero-order chi connectivity index (χ0) is 36.3. The van der Waals surface area contributed by atoms with Crippen LogP contribution in [0.15, 0.2) is 200 Å².